The number of fused-ring (bicyclic) bond motifs is 1. The van der Waals surface area contributed by atoms with Crippen LogP contribution in [0.1, 0.15) is 44.6 Å². The number of primary amides is 1. The van der Waals surface area contributed by atoms with E-state index < -0.39 is 29.6 Å². The first kappa shape index (κ1) is 33.2. The van der Waals surface area contributed by atoms with E-state index in [0.29, 0.717) is 24.4 Å². The van der Waals surface area contributed by atoms with E-state index in [9.17, 15) is 18.8 Å². The van der Waals surface area contributed by atoms with Gasteiger partial charge in [0.25, 0.3) is 5.91 Å². The maximum absolute atomic E-state index is 14.7. The van der Waals surface area contributed by atoms with Gasteiger partial charge in [-0.3, -0.25) is 14.4 Å². The van der Waals surface area contributed by atoms with Crippen LogP contribution in [0.15, 0.2) is 97.1 Å². The quantitative estimate of drug-likeness (QED) is 0.163. The highest BCUT2D eigenvalue weighted by atomic mass is 35.5. The molecule has 1 aliphatic heterocycles. The van der Waals surface area contributed by atoms with Crippen LogP contribution in [0.4, 0.5) is 21.5 Å². The second-order valence-corrected chi connectivity index (χ2v) is 13.2. The minimum Gasteiger partial charge on any atom is -0.369 e. The van der Waals surface area contributed by atoms with E-state index in [-0.39, 0.29) is 29.9 Å². The molecule has 48 heavy (non-hydrogen) atoms. The Balaban J connectivity index is 1.37. The second kappa shape index (κ2) is 14.6. The number of benzene rings is 4. The minimum atomic E-state index is -0.916. The molecule has 9 heteroatoms. The summed E-state index contributed by atoms with van der Waals surface area (Å²) in [6.07, 6.45) is 3.86. The molecule has 1 fully saturated rings. The SMILES string of the molecule is CCCC(C(N)=O)C(CC1CC1)C(=O)NC1CN(c2ccccc2)c2ccccc2N(Cc2cccc(-c3ccc(F)c(Cl)c3)c2)C1=O. The molecule has 0 bridgehead atoms. The zero-order valence-corrected chi connectivity index (χ0v) is 27.7. The first-order valence-corrected chi connectivity index (χ1v) is 17.0. The summed E-state index contributed by atoms with van der Waals surface area (Å²) in [6, 6.07) is 28.9. The summed E-state index contributed by atoms with van der Waals surface area (Å²) in [4.78, 5) is 45.2. The molecule has 248 valence electrons. The monoisotopic (exact) mass is 666 g/mol. The lowest BCUT2D eigenvalue weighted by Gasteiger charge is -2.29. The van der Waals surface area contributed by atoms with Gasteiger partial charge in [-0.2, -0.15) is 0 Å². The van der Waals surface area contributed by atoms with E-state index >= 15 is 0 Å². The summed E-state index contributed by atoms with van der Waals surface area (Å²) in [6.45, 7) is 2.39. The highest BCUT2D eigenvalue weighted by Crippen LogP contribution is 2.40. The largest absolute Gasteiger partial charge is 0.369 e. The normalized spacial score (nSPS) is 17.3. The van der Waals surface area contributed by atoms with E-state index in [4.69, 9.17) is 17.3 Å². The van der Waals surface area contributed by atoms with E-state index in [2.05, 4.69) is 10.2 Å². The summed E-state index contributed by atoms with van der Waals surface area (Å²) in [5.41, 5.74) is 10.7. The Morgan fingerprint density at radius 3 is 2.31 bits per heavy atom. The zero-order chi connectivity index (χ0) is 33.8. The molecular weight excluding hydrogens is 627 g/mol. The predicted molar refractivity (Wildman–Crippen MR) is 188 cm³/mol. The number of carbonyl (C=O) groups is 3. The number of para-hydroxylation sites is 3. The van der Waals surface area contributed by atoms with Crippen molar-refractivity contribution in [2.24, 2.45) is 23.5 Å². The van der Waals surface area contributed by atoms with Gasteiger partial charge in [0.1, 0.15) is 11.9 Å². The Kier molecular flexibility index (Phi) is 10.1. The number of anilines is 3. The van der Waals surface area contributed by atoms with Crippen LogP contribution in [-0.2, 0) is 20.9 Å². The zero-order valence-electron chi connectivity index (χ0n) is 26.9. The number of hydrogen-bond acceptors (Lipinski definition) is 4. The summed E-state index contributed by atoms with van der Waals surface area (Å²) in [5, 5.41) is 3.14. The fraction of sp³-hybridized carbons (Fsp3) is 0.308. The number of hydrogen-bond donors (Lipinski definition) is 2. The Labute approximate surface area is 285 Å². The predicted octanol–water partition coefficient (Wildman–Crippen LogP) is 7.63. The van der Waals surface area contributed by atoms with E-state index in [0.717, 1.165) is 47.3 Å². The number of halogens is 2. The Morgan fingerprint density at radius 1 is 0.917 bits per heavy atom. The van der Waals surface area contributed by atoms with Crippen LogP contribution in [0.25, 0.3) is 11.1 Å². The van der Waals surface area contributed by atoms with Crippen LogP contribution < -0.4 is 20.9 Å². The third-order valence-corrected chi connectivity index (χ3v) is 9.66. The highest BCUT2D eigenvalue weighted by Gasteiger charge is 2.40. The topological polar surface area (TPSA) is 95.7 Å². The molecule has 7 nitrogen and oxygen atoms in total. The molecular formula is C39H40ClFN4O3. The smallest absolute Gasteiger partial charge is 0.251 e. The van der Waals surface area contributed by atoms with Gasteiger partial charge in [-0.1, -0.05) is 92.4 Å². The van der Waals surface area contributed by atoms with E-state index in [1.54, 1.807) is 17.0 Å². The summed E-state index contributed by atoms with van der Waals surface area (Å²) < 4.78 is 13.9. The lowest BCUT2D eigenvalue weighted by atomic mass is 9.83. The Hall–Kier alpha value is -4.69. The minimum absolute atomic E-state index is 0.0339. The van der Waals surface area contributed by atoms with Crippen molar-refractivity contribution >= 4 is 46.4 Å². The van der Waals surface area contributed by atoms with Gasteiger partial charge in [0.05, 0.1) is 29.5 Å². The van der Waals surface area contributed by atoms with Crippen molar-refractivity contribution in [3.8, 4) is 11.1 Å². The van der Waals surface area contributed by atoms with Gasteiger partial charge in [-0.15, -0.1) is 0 Å². The summed E-state index contributed by atoms with van der Waals surface area (Å²) in [7, 11) is 0. The first-order chi connectivity index (χ1) is 23.2. The van der Waals surface area contributed by atoms with Crippen molar-refractivity contribution < 1.29 is 18.8 Å². The van der Waals surface area contributed by atoms with Crippen molar-refractivity contribution in [3.63, 3.8) is 0 Å². The molecule has 3 atom stereocenters. The van der Waals surface area contributed by atoms with Crippen LogP contribution in [0, 0.1) is 23.6 Å². The molecule has 0 spiro atoms. The standard InChI is InChI=1S/C39H40ClFN4O3/c1-2-9-30(37(42)46)31(21-25-16-17-25)38(47)43-34-24-44(29-12-4-3-5-13-29)35-14-6-7-15-36(35)45(39(34)48)23-26-10-8-11-27(20-26)28-18-19-33(41)32(40)22-28/h3-8,10-15,18-20,22,25,30-31,34H,2,9,16-17,21,23-24H2,1H3,(H2,42,46)(H,43,47). The number of carbonyl (C=O) groups excluding carboxylic acids is 3. The molecule has 3 unspecified atom stereocenters. The molecule has 0 radical (unpaired) electrons. The Morgan fingerprint density at radius 2 is 1.62 bits per heavy atom. The molecule has 3 amide bonds. The fourth-order valence-corrected chi connectivity index (χ4v) is 6.90. The molecule has 3 N–H and O–H groups in total. The lowest BCUT2D eigenvalue weighted by molar-refractivity contribution is -0.135. The van der Waals surface area contributed by atoms with Crippen molar-refractivity contribution in [3.05, 3.63) is 113 Å². The van der Waals surface area contributed by atoms with Crippen molar-refractivity contribution in [2.75, 3.05) is 16.3 Å². The number of amides is 3. The van der Waals surface area contributed by atoms with Gasteiger partial charge in [0.2, 0.25) is 11.8 Å². The molecule has 0 aromatic heterocycles. The third-order valence-electron chi connectivity index (χ3n) is 9.37. The number of nitrogens with two attached hydrogens (primary N) is 1. The van der Waals surface area contributed by atoms with Gasteiger partial charge >= 0.3 is 0 Å². The van der Waals surface area contributed by atoms with Gasteiger partial charge in [-0.05, 0) is 77.9 Å². The second-order valence-electron chi connectivity index (χ2n) is 12.8. The number of nitrogens with zero attached hydrogens (tertiary/aromatic N) is 2. The van der Waals surface area contributed by atoms with Gasteiger partial charge in [-0.25, -0.2) is 4.39 Å². The molecule has 0 saturated heterocycles. The highest BCUT2D eigenvalue weighted by molar-refractivity contribution is 6.31. The molecule has 1 aliphatic carbocycles. The van der Waals surface area contributed by atoms with Gasteiger partial charge in [0, 0.05) is 17.5 Å². The average molecular weight is 667 g/mol. The van der Waals surface area contributed by atoms with Crippen molar-refractivity contribution in [1.29, 1.82) is 0 Å². The maximum atomic E-state index is 14.7. The maximum Gasteiger partial charge on any atom is 0.251 e. The van der Waals surface area contributed by atoms with Crippen LogP contribution in [0.2, 0.25) is 5.02 Å². The molecule has 2 aliphatic rings. The molecule has 6 rings (SSSR count). The van der Waals surface area contributed by atoms with Crippen LogP contribution in [0.5, 0.6) is 0 Å². The van der Waals surface area contributed by atoms with Crippen LogP contribution in [-0.4, -0.2) is 30.3 Å². The number of nitrogens with one attached hydrogen (secondary N) is 1. The Bertz CT molecular complexity index is 1800. The summed E-state index contributed by atoms with van der Waals surface area (Å²) >= 11 is 6.09. The molecule has 1 saturated carbocycles. The van der Waals surface area contributed by atoms with Crippen LogP contribution in [0.3, 0.4) is 0 Å². The fourth-order valence-electron chi connectivity index (χ4n) is 6.72. The molecule has 1 heterocycles. The number of rotatable bonds is 12. The van der Waals surface area contributed by atoms with Crippen LogP contribution >= 0.6 is 11.6 Å². The van der Waals surface area contributed by atoms with Crippen molar-refractivity contribution in [2.45, 2.75) is 51.6 Å². The van der Waals surface area contributed by atoms with Crippen molar-refractivity contribution in [1.82, 2.24) is 5.32 Å². The molecule has 4 aromatic rings. The van der Waals surface area contributed by atoms with E-state index in [1.165, 1.54) is 6.07 Å². The first-order valence-electron chi connectivity index (χ1n) is 16.6. The third kappa shape index (κ3) is 7.39. The van der Waals surface area contributed by atoms with Gasteiger partial charge < -0.3 is 20.9 Å². The molecule has 4 aromatic carbocycles. The van der Waals surface area contributed by atoms with Gasteiger partial charge in [0.15, 0.2) is 0 Å². The van der Waals surface area contributed by atoms with E-state index in [1.807, 2.05) is 85.8 Å². The lowest BCUT2D eigenvalue weighted by Crippen LogP contribution is -2.54. The summed E-state index contributed by atoms with van der Waals surface area (Å²) in [5.74, 6) is -2.37. The average Bonchev–Trinajstić information content (AvgIpc) is 3.93.